The van der Waals surface area contributed by atoms with Crippen molar-refractivity contribution < 1.29 is 31.1 Å². The highest BCUT2D eigenvalue weighted by Gasteiger charge is 2.31. The molecule has 1 aromatic carbocycles. The van der Waals surface area contributed by atoms with Gasteiger partial charge in [0.1, 0.15) is 5.75 Å². The molecule has 0 aromatic heterocycles. The Morgan fingerprint density at radius 2 is 1.77 bits per heavy atom. The van der Waals surface area contributed by atoms with Gasteiger partial charge in [-0.15, -0.1) is 13.2 Å². The molecule has 0 aliphatic heterocycles. The third kappa shape index (κ3) is 5.87. The van der Waals surface area contributed by atoms with Crippen molar-refractivity contribution in [3.8, 4) is 5.75 Å². The van der Waals surface area contributed by atoms with Crippen LogP contribution in [-0.2, 0) is 14.8 Å². The first-order valence-electron chi connectivity index (χ1n) is 8.19. The van der Waals surface area contributed by atoms with E-state index in [1.54, 1.807) is 11.9 Å². The van der Waals surface area contributed by atoms with Crippen LogP contribution in [0.5, 0.6) is 5.75 Å². The summed E-state index contributed by atoms with van der Waals surface area (Å²) in [4.78, 5) is 13.5. The van der Waals surface area contributed by atoms with Gasteiger partial charge in [0.05, 0.1) is 11.4 Å². The molecule has 1 aromatic rings. The fourth-order valence-electron chi connectivity index (χ4n) is 2.86. The number of nitrogens with one attached hydrogen (secondary N) is 1. The van der Waals surface area contributed by atoms with E-state index in [-0.39, 0.29) is 16.8 Å². The van der Waals surface area contributed by atoms with Crippen molar-refractivity contribution in [2.45, 2.75) is 49.4 Å². The van der Waals surface area contributed by atoms with E-state index in [1.165, 1.54) is 0 Å². The maximum absolute atomic E-state index is 12.2. The molecule has 1 amide bonds. The number of halogens is 3. The number of hydrogen-bond acceptors (Lipinski definition) is 4. The molecule has 1 saturated carbocycles. The highest BCUT2D eigenvalue weighted by Crippen LogP contribution is 2.24. The van der Waals surface area contributed by atoms with E-state index >= 15 is 0 Å². The molecule has 2 rings (SSSR count). The molecule has 0 spiro atoms. The van der Waals surface area contributed by atoms with Crippen LogP contribution in [0.25, 0.3) is 0 Å². The van der Waals surface area contributed by atoms with Gasteiger partial charge in [-0.3, -0.25) is 4.79 Å². The molecule has 0 atom stereocenters. The number of benzene rings is 1. The standard InChI is InChI=1S/C16H21F3N2O4S/c1-21(12-5-3-2-4-6-12)15(22)11-20-26(23,24)14-9-7-13(8-10-14)25-16(17,18)19/h7-10,12,20H,2-6,11H2,1H3. The number of carbonyl (C=O) groups is 1. The number of alkyl halides is 3. The molecular formula is C16H21F3N2O4S. The minimum Gasteiger partial charge on any atom is -0.406 e. The first-order valence-corrected chi connectivity index (χ1v) is 9.68. The number of carbonyl (C=O) groups excluding carboxylic acids is 1. The molecule has 1 N–H and O–H groups in total. The predicted octanol–water partition coefficient (Wildman–Crippen LogP) is 2.65. The van der Waals surface area contributed by atoms with E-state index in [9.17, 15) is 26.4 Å². The van der Waals surface area contributed by atoms with Crippen molar-refractivity contribution in [3.63, 3.8) is 0 Å². The Balaban J connectivity index is 1.94. The van der Waals surface area contributed by atoms with Crippen molar-refractivity contribution in [1.29, 1.82) is 0 Å². The Morgan fingerprint density at radius 3 is 2.31 bits per heavy atom. The molecular weight excluding hydrogens is 373 g/mol. The molecule has 10 heteroatoms. The fraction of sp³-hybridized carbons (Fsp3) is 0.562. The van der Waals surface area contributed by atoms with Crippen LogP contribution in [-0.4, -0.2) is 45.2 Å². The summed E-state index contributed by atoms with van der Waals surface area (Å²) in [6.07, 6.45) is 0.167. The lowest BCUT2D eigenvalue weighted by Gasteiger charge is -2.31. The van der Waals surface area contributed by atoms with Crippen molar-refractivity contribution >= 4 is 15.9 Å². The van der Waals surface area contributed by atoms with E-state index in [0.29, 0.717) is 0 Å². The van der Waals surface area contributed by atoms with Crippen LogP contribution >= 0.6 is 0 Å². The zero-order valence-electron chi connectivity index (χ0n) is 14.3. The van der Waals surface area contributed by atoms with Gasteiger partial charge in [0.2, 0.25) is 15.9 Å². The molecule has 0 bridgehead atoms. The second-order valence-electron chi connectivity index (χ2n) is 6.14. The minimum absolute atomic E-state index is 0.111. The van der Waals surface area contributed by atoms with Crippen molar-refractivity contribution in [3.05, 3.63) is 24.3 Å². The average Bonchev–Trinajstić information content (AvgIpc) is 2.59. The summed E-state index contributed by atoms with van der Waals surface area (Å²) < 4.78 is 66.6. The van der Waals surface area contributed by atoms with Gasteiger partial charge in [-0.05, 0) is 37.1 Å². The maximum Gasteiger partial charge on any atom is 0.573 e. The number of ether oxygens (including phenoxy) is 1. The summed E-state index contributed by atoms with van der Waals surface area (Å²) in [5.41, 5.74) is 0. The normalized spacial score (nSPS) is 16.3. The van der Waals surface area contributed by atoms with Crippen LogP contribution in [0, 0.1) is 0 Å². The molecule has 1 aliphatic carbocycles. The Labute approximate surface area is 150 Å². The summed E-state index contributed by atoms with van der Waals surface area (Å²) in [5.74, 6) is -0.873. The third-order valence-corrected chi connectivity index (χ3v) is 5.71. The SMILES string of the molecule is CN(C(=O)CNS(=O)(=O)c1ccc(OC(F)(F)F)cc1)C1CCCCC1. The molecule has 0 heterocycles. The second kappa shape index (κ2) is 8.26. The van der Waals surface area contributed by atoms with Crippen LogP contribution in [0.4, 0.5) is 13.2 Å². The van der Waals surface area contributed by atoms with Gasteiger partial charge >= 0.3 is 6.36 Å². The fourth-order valence-corrected chi connectivity index (χ4v) is 3.83. The van der Waals surface area contributed by atoms with Crippen molar-refractivity contribution in [1.82, 2.24) is 9.62 Å². The number of sulfonamides is 1. The number of rotatable bonds is 6. The quantitative estimate of drug-likeness (QED) is 0.805. The van der Waals surface area contributed by atoms with E-state index in [1.807, 2.05) is 0 Å². The number of likely N-dealkylation sites (N-methyl/N-ethyl adjacent to an activating group) is 1. The summed E-state index contributed by atoms with van der Waals surface area (Å²) in [7, 11) is -2.37. The Kier molecular flexibility index (Phi) is 6.51. The lowest BCUT2D eigenvalue weighted by atomic mass is 9.94. The molecule has 0 saturated heterocycles. The largest absolute Gasteiger partial charge is 0.573 e. The monoisotopic (exact) mass is 394 g/mol. The zero-order chi connectivity index (χ0) is 19.4. The van der Waals surface area contributed by atoms with Gasteiger partial charge in [0.15, 0.2) is 0 Å². The smallest absolute Gasteiger partial charge is 0.406 e. The van der Waals surface area contributed by atoms with Crippen molar-refractivity contribution in [2.75, 3.05) is 13.6 Å². The Morgan fingerprint density at radius 1 is 1.19 bits per heavy atom. The van der Waals surface area contributed by atoms with E-state index < -0.39 is 28.7 Å². The summed E-state index contributed by atoms with van der Waals surface area (Å²) in [6, 6.07) is 3.88. The Bertz CT molecular complexity index is 714. The van der Waals surface area contributed by atoms with Gasteiger partial charge < -0.3 is 9.64 Å². The van der Waals surface area contributed by atoms with Crippen LogP contribution in [0.1, 0.15) is 32.1 Å². The van der Waals surface area contributed by atoms with Crippen LogP contribution < -0.4 is 9.46 Å². The maximum atomic E-state index is 12.2. The lowest BCUT2D eigenvalue weighted by molar-refractivity contribution is -0.274. The minimum atomic E-state index is -4.85. The van der Waals surface area contributed by atoms with Crippen molar-refractivity contribution in [2.24, 2.45) is 0 Å². The van der Waals surface area contributed by atoms with Crippen LogP contribution in [0.2, 0.25) is 0 Å². The van der Waals surface area contributed by atoms with Gasteiger partial charge in [-0.25, -0.2) is 13.1 Å². The van der Waals surface area contributed by atoms with E-state index in [4.69, 9.17) is 0 Å². The van der Waals surface area contributed by atoms with Gasteiger partial charge in [0.25, 0.3) is 0 Å². The topological polar surface area (TPSA) is 75.7 Å². The van der Waals surface area contributed by atoms with E-state index in [0.717, 1.165) is 56.4 Å². The summed E-state index contributed by atoms with van der Waals surface area (Å²) in [6.45, 7) is -0.407. The Hall–Kier alpha value is -1.81. The number of hydrogen-bond donors (Lipinski definition) is 1. The highest BCUT2D eigenvalue weighted by molar-refractivity contribution is 7.89. The highest BCUT2D eigenvalue weighted by atomic mass is 32.2. The van der Waals surface area contributed by atoms with Crippen LogP contribution in [0.3, 0.4) is 0 Å². The second-order valence-corrected chi connectivity index (χ2v) is 7.91. The average molecular weight is 394 g/mol. The number of amides is 1. The first kappa shape index (κ1) is 20.5. The lowest BCUT2D eigenvalue weighted by Crippen LogP contribution is -2.43. The van der Waals surface area contributed by atoms with Gasteiger partial charge in [-0.2, -0.15) is 0 Å². The molecule has 1 fully saturated rings. The molecule has 0 unspecified atom stereocenters. The molecule has 0 radical (unpaired) electrons. The summed E-state index contributed by atoms with van der Waals surface area (Å²) in [5, 5.41) is 0. The number of nitrogens with zero attached hydrogens (tertiary/aromatic N) is 1. The van der Waals surface area contributed by atoms with E-state index in [2.05, 4.69) is 9.46 Å². The summed E-state index contributed by atoms with van der Waals surface area (Å²) >= 11 is 0. The molecule has 146 valence electrons. The predicted molar refractivity (Wildman–Crippen MR) is 88.0 cm³/mol. The van der Waals surface area contributed by atoms with Gasteiger partial charge in [0, 0.05) is 13.1 Å². The first-order chi connectivity index (χ1) is 12.1. The third-order valence-electron chi connectivity index (χ3n) is 4.30. The molecule has 1 aliphatic rings. The molecule has 26 heavy (non-hydrogen) atoms. The molecule has 6 nitrogen and oxygen atoms in total. The van der Waals surface area contributed by atoms with Gasteiger partial charge in [-0.1, -0.05) is 19.3 Å². The zero-order valence-corrected chi connectivity index (χ0v) is 15.1. The van der Waals surface area contributed by atoms with Crippen LogP contribution in [0.15, 0.2) is 29.2 Å².